The normalized spacial score (nSPS) is 16.0. The van der Waals surface area contributed by atoms with Gasteiger partial charge < -0.3 is 21.3 Å². The molecule has 4 unspecified atom stereocenters. The maximum Gasteiger partial charge on any atom is 0.234 e. The molecule has 4 atom stereocenters. The number of nitrogens with zero attached hydrogens (tertiary/aromatic N) is 4. The quantitative estimate of drug-likeness (QED) is 0.338. The highest BCUT2D eigenvalue weighted by Crippen LogP contribution is 2.23. The summed E-state index contributed by atoms with van der Waals surface area (Å²) in [7, 11) is 0. The van der Waals surface area contributed by atoms with Gasteiger partial charge in [-0.2, -0.15) is 0 Å². The predicted molar refractivity (Wildman–Crippen MR) is 112 cm³/mol. The summed E-state index contributed by atoms with van der Waals surface area (Å²) in [6.45, 7) is 7.63. The van der Waals surface area contributed by atoms with Crippen molar-refractivity contribution >= 4 is 5.91 Å². The lowest BCUT2D eigenvalue weighted by atomic mass is 10.0. The molecule has 0 aliphatic rings. The van der Waals surface area contributed by atoms with Gasteiger partial charge in [0, 0.05) is 6.04 Å². The number of hydrogen-bond acceptors (Lipinski definition) is 8. The van der Waals surface area contributed by atoms with Crippen molar-refractivity contribution in [1.82, 2.24) is 30.8 Å². The van der Waals surface area contributed by atoms with E-state index in [1.165, 1.54) is 0 Å². The zero-order chi connectivity index (χ0) is 22.3. The second-order valence-corrected chi connectivity index (χ2v) is 8.30. The lowest BCUT2D eigenvalue weighted by Crippen LogP contribution is -2.52. The molecule has 0 fully saturated rings. The smallest absolute Gasteiger partial charge is 0.234 e. The van der Waals surface area contributed by atoms with Gasteiger partial charge >= 0.3 is 0 Å². The molecule has 0 aliphatic carbocycles. The van der Waals surface area contributed by atoms with Gasteiger partial charge in [0.25, 0.3) is 0 Å². The molecule has 0 radical (unpaired) electrons. The molecule has 6 N–H and O–H groups in total. The van der Waals surface area contributed by atoms with E-state index in [1.807, 2.05) is 58.0 Å². The number of hydrogen-bond donors (Lipinski definition) is 5. The highest BCUT2D eigenvalue weighted by atomic mass is 16.3. The highest BCUT2D eigenvalue weighted by molar-refractivity contribution is 5.78. The fourth-order valence-corrected chi connectivity index (χ4v) is 3.06. The van der Waals surface area contributed by atoms with Crippen LogP contribution in [0.2, 0.25) is 0 Å². The Morgan fingerprint density at radius 3 is 2.50 bits per heavy atom. The Labute approximate surface area is 176 Å². The van der Waals surface area contributed by atoms with Gasteiger partial charge in [-0.25, -0.2) is 4.68 Å². The number of carbonyl (C=O) groups excluding carboxylic acids is 1. The van der Waals surface area contributed by atoms with E-state index < -0.39 is 24.4 Å². The number of aliphatic hydroxyl groups excluding tert-OH is 2. The van der Waals surface area contributed by atoms with Gasteiger partial charge in [0.05, 0.1) is 12.1 Å². The van der Waals surface area contributed by atoms with Crippen LogP contribution in [0.15, 0.2) is 30.3 Å². The first-order valence-electron chi connectivity index (χ1n) is 10.1. The molecule has 2 rings (SSSR count). The number of tetrazole rings is 1. The van der Waals surface area contributed by atoms with E-state index in [9.17, 15) is 15.0 Å². The average molecular weight is 420 g/mol. The summed E-state index contributed by atoms with van der Waals surface area (Å²) in [5.74, 6) is 0.107. The summed E-state index contributed by atoms with van der Waals surface area (Å²) in [4.78, 5) is 12.6. The van der Waals surface area contributed by atoms with Crippen LogP contribution < -0.4 is 16.4 Å². The van der Waals surface area contributed by atoms with Crippen LogP contribution in [0, 0.1) is 0 Å². The molecule has 1 amide bonds. The molecule has 166 valence electrons. The largest absolute Gasteiger partial charge is 0.387 e. The Morgan fingerprint density at radius 1 is 1.23 bits per heavy atom. The van der Waals surface area contributed by atoms with Crippen molar-refractivity contribution in [3.05, 3.63) is 41.7 Å². The lowest BCUT2D eigenvalue weighted by Gasteiger charge is -2.26. The minimum absolute atomic E-state index is 0.211. The second kappa shape index (κ2) is 10.6. The number of nitrogens with one attached hydrogen (secondary N) is 2. The molecular formula is C20H33N7O3. The Bertz CT molecular complexity index is 791. The minimum Gasteiger partial charge on any atom is -0.387 e. The van der Waals surface area contributed by atoms with E-state index in [0.29, 0.717) is 12.2 Å². The van der Waals surface area contributed by atoms with E-state index in [1.54, 1.807) is 4.68 Å². The summed E-state index contributed by atoms with van der Waals surface area (Å²) in [5, 5.41) is 37.7. The molecule has 1 aromatic heterocycles. The fraction of sp³-hybridized carbons (Fsp3) is 0.600. The van der Waals surface area contributed by atoms with E-state index >= 15 is 0 Å². The first-order chi connectivity index (χ1) is 14.1. The van der Waals surface area contributed by atoms with Crippen molar-refractivity contribution in [3.63, 3.8) is 0 Å². The molecule has 10 heteroatoms. The Morgan fingerprint density at radius 2 is 1.90 bits per heavy atom. The zero-order valence-corrected chi connectivity index (χ0v) is 18.0. The first kappa shape index (κ1) is 23.9. The van der Waals surface area contributed by atoms with Crippen molar-refractivity contribution < 1.29 is 15.0 Å². The average Bonchev–Trinajstić information content (AvgIpc) is 3.20. The number of nitrogens with two attached hydrogens (primary N) is 1. The van der Waals surface area contributed by atoms with Crippen molar-refractivity contribution in [2.45, 2.75) is 70.5 Å². The summed E-state index contributed by atoms with van der Waals surface area (Å²) in [5.41, 5.74) is 6.27. The number of benzene rings is 1. The Balaban J connectivity index is 2.12. The zero-order valence-electron chi connectivity index (χ0n) is 18.0. The Kier molecular flexibility index (Phi) is 8.42. The molecular weight excluding hydrogens is 386 g/mol. The second-order valence-electron chi connectivity index (χ2n) is 8.30. The SMILES string of the molecule is CCCC(N)C(O)C(O)NCC(=O)NC(c1ccccc1)c1nnnn1C(C)(C)C. The van der Waals surface area contributed by atoms with Crippen LogP contribution in [0.3, 0.4) is 0 Å². The number of aromatic nitrogens is 4. The van der Waals surface area contributed by atoms with Gasteiger partial charge in [0.15, 0.2) is 5.82 Å². The van der Waals surface area contributed by atoms with Gasteiger partial charge in [-0.15, -0.1) is 5.10 Å². The summed E-state index contributed by atoms with van der Waals surface area (Å²) in [6, 6.07) is 8.22. The highest BCUT2D eigenvalue weighted by Gasteiger charge is 2.29. The molecule has 1 aromatic carbocycles. The molecule has 30 heavy (non-hydrogen) atoms. The van der Waals surface area contributed by atoms with Crippen LogP contribution in [-0.2, 0) is 10.3 Å². The van der Waals surface area contributed by atoms with Gasteiger partial charge in [-0.05, 0) is 43.2 Å². The van der Waals surface area contributed by atoms with E-state index in [0.717, 1.165) is 12.0 Å². The van der Waals surface area contributed by atoms with Crippen LogP contribution in [0.25, 0.3) is 0 Å². The van der Waals surface area contributed by atoms with Crippen molar-refractivity contribution in [1.29, 1.82) is 0 Å². The minimum atomic E-state index is -1.31. The monoisotopic (exact) mass is 419 g/mol. The topological polar surface area (TPSA) is 151 Å². The summed E-state index contributed by atoms with van der Waals surface area (Å²) >= 11 is 0. The van der Waals surface area contributed by atoms with E-state index in [-0.39, 0.29) is 18.0 Å². The van der Waals surface area contributed by atoms with Crippen LogP contribution in [0.5, 0.6) is 0 Å². The molecule has 0 bridgehead atoms. The number of amides is 1. The van der Waals surface area contributed by atoms with Crippen LogP contribution in [0.1, 0.15) is 58.0 Å². The Hall–Kier alpha value is -2.40. The molecule has 0 saturated heterocycles. The fourth-order valence-electron chi connectivity index (χ4n) is 3.06. The third-order valence-corrected chi connectivity index (χ3v) is 4.68. The number of rotatable bonds is 10. The maximum atomic E-state index is 12.6. The van der Waals surface area contributed by atoms with Gasteiger partial charge in [-0.1, -0.05) is 43.7 Å². The van der Waals surface area contributed by atoms with E-state index in [4.69, 9.17) is 5.73 Å². The number of aliphatic hydroxyl groups is 2. The standard InChI is InChI=1S/C20H33N7O3/c1-5-9-14(21)17(29)19(30)22-12-15(28)23-16(13-10-7-6-8-11-13)18-24-25-26-27(18)20(2,3)4/h6-8,10-11,14,16-17,19,22,29-30H,5,9,12,21H2,1-4H3,(H,23,28). The molecule has 0 aliphatic heterocycles. The molecule has 0 spiro atoms. The number of carbonyl (C=O) groups is 1. The molecule has 0 saturated carbocycles. The predicted octanol–water partition coefficient (Wildman–Crippen LogP) is 0.0300. The molecule has 1 heterocycles. The summed E-state index contributed by atoms with van der Waals surface area (Å²) in [6.07, 6.45) is -1.13. The maximum absolute atomic E-state index is 12.6. The van der Waals surface area contributed by atoms with Gasteiger partial charge in [-0.3, -0.25) is 10.1 Å². The van der Waals surface area contributed by atoms with Crippen molar-refractivity contribution in [2.24, 2.45) is 5.73 Å². The summed E-state index contributed by atoms with van der Waals surface area (Å²) < 4.78 is 1.67. The lowest BCUT2D eigenvalue weighted by molar-refractivity contribution is -0.122. The molecule has 10 nitrogen and oxygen atoms in total. The van der Waals surface area contributed by atoms with Gasteiger partial charge in [0.1, 0.15) is 18.4 Å². The van der Waals surface area contributed by atoms with Gasteiger partial charge in [0.2, 0.25) is 5.91 Å². The van der Waals surface area contributed by atoms with Crippen molar-refractivity contribution in [3.8, 4) is 0 Å². The van der Waals surface area contributed by atoms with Crippen molar-refractivity contribution in [2.75, 3.05) is 6.54 Å². The van der Waals surface area contributed by atoms with Crippen LogP contribution in [0.4, 0.5) is 0 Å². The van der Waals surface area contributed by atoms with E-state index in [2.05, 4.69) is 26.2 Å². The third kappa shape index (κ3) is 6.30. The first-order valence-corrected chi connectivity index (χ1v) is 10.1. The van der Waals surface area contributed by atoms with Crippen LogP contribution in [-0.4, -0.2) is 61.2 Å². The third-order valence-electron chi connectivity index (χ3n) is 4.68. The molecule has 2 aromatic rings. The van der Waals surface area contributed by atoms with Crippen LogP contribution >= 0.6 is 0 Å².